The topological polar surface area (TPSA) is 41.6 Å². The number of amides is 1. The Kier molecular flexibility index (Phi) is 4.39. The third-order valence-electron chi connectivity index (χ3n) is 4.17. The first-order chi connectivity index (χ1) is 10.2. The number of likely N-dealkylation sites (tertiary alicyclic amines) is 1. The van der Waals surface area contributed by atoms with E-state index >= 15 is 0 Å². The molecule has 2 aliphatic rings. The van der Waals surface area contributed by atoms with Gasteiger partial charge in [0.1, 0.15) is 11.6 Å². The Morgan fingerprint density at radius 2 is 2.14 bits per heavy atom. The van der Waals surface area contributed by atoms with Gasteiger partial charge in [0, 0.05) is 25.1 Å². The summed E-state index contributed by atoms with van der Waals surface area (Å²) in [5, 5.41) is 2.92. The third-order valence-corrected chi connectivity index (χ3v) is 4.17. The molecular weight excluding hydrogens is 271 g/mol. The Bertz CT molecular complexity index is 515. The fraction of sp³-hybridized carbons (Fsp3) is 0.562. The monoisotopic (exact) mass is 292 g/mol. The Balaban J connectivity index is 1.44. The molecule has 0 aromatic heterocycles. The number of halogens is 1. The lowest BCUT2D eigenvalue weighted by atomic mass is 10.1. The van der Waals surface area contributed by atoms with Crippen LogP contribution in [0.5, 0.6) is 5.75 Å². The number of hydrogen-bond acceptors (Lipinski definition) is 3. The molecule has 1 saturated heterocycles. The number of rotatable bonds is 4. The minimum atomic E-state index is -0.525. The molecule has 2 aliphatic heterocycles. The maximum Gasteiger partial charge on any atom is 0.261 e. The molecule has 1 aromatic rings. The highest BCUT2D eigenvalue weighted by Crippen LogP contribution is 2.29. The highest BCUT2D eigenvalue weighted by atomic mass is 19.1. The second kappa shape index (κ2) is 6.43. The van der Waals surface area contributed by atoms with Gasteiger partial charge in [-0.3, -0.25) is 4.79 Å². The lowest BCUT2D eigenvalue weighted by Gasteiger charge is -2.26. The summed E-state index contributed by atoms with van der Waals surface area (Å²) in [6.45, 7) is 3.78. The van der Waals surface area contributed by atoms with Crippen LogP contribution in [0.25, 0.3) is 0 Å². The molecular formula is C16H21FN2O2. The van der Waals surface area contributed by atoms with Crippen molar-refractivity contribution in [1.82, 2.24) is 10.2 Å². The molecule has 0 aliphatic carbocycles. The van der Waals surface area contributed by atoms with E-state index in [1.807, 2.05) is 0 Å². The Morgan fingerprint density at radius 1 is 1.33 bits per heavy atom. The Morgan fingerprint density at radius 3 is 2.95 bits per heavy atom. The van der Waals surface area contributed by atoms with E-state index in [1.165, 1.54) is 31.4 Å². The van der Waals surface area contributed by atoms with Crippen LogP contribution >= 0.6 is 0 Å². The van der Waals surface area contributed by atoms with Crippen molar-refractivity contribution in [2.75, 3.05) is 26.2 Å². The molecule has 114 valence electrons. The van der Waals surface area contributed by atoms with E-state index in [4.69, 9.17) is 4.74 Å². The second-order valence-corrected chi connectivity index (χ2v) is 5.76. The van der Waals surface area contributed by atoms with Crippen molar-refractivity contribution < 1.29 is 13.9 Å². The molecule has 0 spiro atoms. The predicted molar refractivity (Wildman–Crippen MR) is 77.8 cm³/mol. The molecule has 0 saturated carbocycles. The van der Waals surface area contributed by atoms with Gasteiger partial charge in [-0.2, -0.15) is 0 Å². The molecule has 4 nitrogen and oxygen atoms in total. The zero-order valence-corrected chi connectivity index (χ0v) is 12.1. The van der Waals surface area contributed by atoms with Gasteiger partial charge in [-0.15, -0.1) is 0 Å². The third kappa shape index (κ3) is 3.53. The van der Waals surface area contributed by atoms with E-state index in [-0.39, 0.29) is 11.7 Å². The minimum absolute atomic E-state index is 0.108. The van der Waals surface area contributed by atoms with Gasteiger partial charge in [0.25, 0.3) is 5.91 Å². The van der Waals surface area contributed by atoms with Crippen LogP contribution in [-0.2, 0) is 11.2 Å². The molecule has 5 heteroatoms. The molecule has 21 heavy (non-hydrogen) atoms. The van der Waals surface area contributed by atoms with Gasteiger partial charge in [-0.1, -0.05) is 6.42 Å². The first kappa shape index (κ1) is 14.3. The van der Waals surface area contributed by atoms with Crippen molar-refractivity contribution in [1.29, 1.82) is 0 Å². The van der Waals surface area contributed by atoms with Crippen LogP contribution in [0.2, 0.25) is 0 Å². The van der Waals surface area contributed by atoms with Crippen molar-refractivity contribution in [3.8, 4) is 5.75 Å². The zero-order chi connectivity index (χ0) is 14.7. The van der Waals surface area contributed by atoms with E-state index in [9.17, 15) is 9.18 Å². The second-order valence-electron chi connectivity index (χ2n) is 5.76. The van der Waals surface area contributed by atoms with Crippen LogP contribution < -0.4 is 10.1 Å². The normalized spacial score (nSPS) is 21.7. The highest BCUT2D eigenvalue weighted by molar-refractivity contribution is 5.82. The van der Waals surface area contributed by atoms with Gasteiger partial charge < -0.3 is 15.0 Å². The van der Waals surface area contributed by atoms with Crippen LogP contribution in [0.15, 0.2) is 18.2 Å². The molecule has 1 amide bonds. The number of nitrogens with one attached hydrogen (secondary N) is 1. The number of piperidine rings is 1. The first-order valence-corrected chi connectivity index (χ1v) is 7.67. The average Bonchev–Trinajstić information content (AvgIpc) is 2.91. The summed E-state index contributed by atoms with van der Waals surface area (Å²) in [4.78, 5) is 14.5. The fourth-order valence-electron chi connectivity index (χ4n) is 3.00. The van der Waals surface area contributed by atoms with Crippen LogP contribution in [0.1, 0.15) is 24.8 Å². The summed E-state index contributed by atoms with van der Waals surface area (Å²) >= 11 is 0. The van der Waals surface area contributed by atoms with Crippen molar-refractivity contribution in [2.45, 2.75) is 31.8 Å². The largest absolute Gasteiger partial charge is 0.480 e. The average molecular weight is 292 g/mol. The predicted octanol–water partition coefficient (Wildman–Crippen LogP) is 1.73. The van der Waals surface area contributed by atoms with Crippen molar-refractivity contribution in [3.05, 3.63) is 29.6 Å². The number of fused-ring (bicyclic) bond motifs is 1. The summed E-state index contributed by atoms with van der Waals surface area (Å²) in [5.74, 6) is 0.222. The van der Waals surface area contributed by atoms with Gasteiger partial charge in [0.05, 0.1) is 0 Å². The molecule has 3 rings (SSSR count). The van der Waals surface area contributed by atoms with Crippen LogP contribution in [-0.4, -0.2) is 43.1 Å². The number of benzene rings is 1. The standard InChI is InChI=1S/C16H21FN2O2/c17-13-4-5-14-12(10-13)11-15(21-14)16(20)18-6-9-19-7-2-1-3-8-19/h4-5,10,15H,1-3,6-9,11H2,(H,18,20). The van der Waals surface area contributed by atoms with Gasteiger partial charge in [-0.05, 0) is 44.1 Å². The molecule has 0 radical (unpaired) electrons. The van der Waals surface area contributed by atoms with E-state index in [0.29, 0.717) is 18.7 Å². The summed E-state index contributed by atoms with van der Waals surface area (Å²) < 4.78 is 18.7. The van der Waals surface area contributed by atoms with Crippen molar-refractivity contribution >= 4 is 5.91 Å². The van der Waals surface area contributed by atoms with Crippen molar-refractivity contribution in [2.24, 2.45) is 0 Å². The number of carbonyl (C=O) groups excluding carboxylic acids is 1. The minimum Gasteiger partial charge on any atom is -0.480 e. The fourth-order valence-corrected chi connectivity index (χ4v) is 3.00. The molecule has 1 aromatic carbocycles. The van der Waals surface area contributed by atoms with Gasteiger partial charge in [0.15, 0.2) is 6.10 Å². The van der Waals surface area contributed by atoms with E-state index in [2.05, 4.69) is 10.2 Å². The number of hydrogen-bond donors (Lipinski definition) is 1. The van der Waals surface area contributed by atoms with Crippen LogP contribution in [0, 0.1) is 5.82 Å². The molecule has 1 atom stereocenters. The van der Waals surface area contributed by atoms with Gasteiger partial charge >= 0.3 is 0 Å². The first-order valence-electron chi connectivity index (χ1n) is 7.67. The van der Waals surface area contributed by atoms with Crippen LogP contribution in [0.4, 0.5) is 4.39 Å². The van der Waals surface area contributed by atoms with E-state index in [1.54, 1.807) is 6.07 Å². The van der Waals surface area contributed by atoms with E-state index in [0.717, 1.165) is 25.2 Å². The Hall–Kier alpha value is -1.62. The lowest BCUT2D eigenvalue weighted by molar-refractivity contribution is -0.127. The Labute approximate surface area is 124 Å². The summed E-state index contributed by atoms with van der Waals surface area (Å²) in [5.41, 5.74) is 0.770. The van der Waals surface area contributed by atoms with E-state index < -0.39 is 6.10 Å². The summed E-state index contributed by atoms with van der Waals surface area (Å²) in [7, 11) is 0. The van der Waals surface area contributed by atoms with Gasteiger partial charge in [0.2, 0.25) is 0 Å². The quantitative estimate of drug-likeness (QED) is 0.919. The van der Waals surface area contributed by atoms with Crippen LogP contribution in [0.3, 0.4) is 0 Å². The summed E-state index contributed by atoms with van der Waals surface area (Å²) in [6, 6.07) is 4.39. The molecule has 0 bridgehead atoms. The lowest BCUT2D eigenvalue weighted by Crippen LogP contribution is -2.42. The molecule has 1 unspecified atom stereocenters. The highest BCUT2D eigenvalue weighted by Gasteiger charge is 2.29. The SMILES string of the molecule is O=C(NCCN1CCCCC1)C1Cc2cc(F)ccc2O1. The molecule has 1 fully saturated rings. The number of ether oxygens (including phenoxy) is 1. The number of carbonyl (C=O) groups is 1. The van der Waals surface area contributed by atoms with Crippen molar-refractivity contribution in [3.63, 3.8) is 0 Å². The van der Waals surface area contributed by atoms with Gasteiger partial charge in [-0.25, -0.2) is 4.39 Å². The number of nitrogens with zero attached hydrogens (tertiary/aromatic N) is 1. The maximum absolute atomic E-state index is 13.1. The molecule has 2 heterocycles. The smallest absolute Gasteiger partial charge is 0.261 e. The molecule has 1 N–H and O–H groups in total. The zero-order valence-electron chi connectivity index (χ0n) is 12.1. The maximum atomic E-state index is 13.1. The summed E-state index contributed by atoms with van der Waals surface area (Å²) in [6.07, 6.45) is 3.74.